The predicted molar refractivity (Wildman–Crippen MR) is 151 cm³/mol. The van der Waals surface area contributed by atoms with Gasteiger partial charge in [0, 0.05) is 17.4 Å². The summed E-state index contributed by atoms with van der Waals surface area (Å²) in [7, 11) is -2.95. The van der Waals surface area contributed by atoms with Gasteiger partial charge in [0.05, 0.1) is 8.15 Å². The lowest BCUT2D eigenvalue weighted by molar-refractivity contribution is 0.361. The molecule has 4 aliphatic rings. The second-order valence-electron chi connectivity index (χ2n) is 11.9. The summed E-state index contributed by atoms with van der Waals surface area (Å²) in [5.74, 6) is 1.85. The molecular formula is C30H49O3P2+. The molecule has 0 heterocycles. The summed E-state index contributed by atoms with van der Waals surface area (Å²) in [5.41, 5.74) is 2.26. The molecule has 0 spiro atoms. The third-order valence-corrected chi connectivity index (χ3v) is 15.9. The largest absolute Gasteiger partial charge is 0.473 e. The lowest BCUT2D eigenvalue weighted by Crippen LogP contribution is -2.30. The van der Waals surface area contributed by atoms with Gasteiger partial charge in [-0.25, -0.2) is 4.89 Å². The van der Waals surface area contributed by atoms with E-state index in [9.17, 15) is 4.89 Å². The van der Waals surface area contributed by atoms with Crippen molar-refractivity contribution in [2.24, 2.45) is 0 Å². The number of hydrogen-bond acceptors (Lipinski definition) is 3. The Morgan fingerprint density at radius 1 is 0.600 bits per heavy atom. The molecule has 0 saturated heterocycles. The molecule has 35 heavy (non-hydrogen) atoms. The summed E-state index contributed by atoms with van der Waals surface area (Å²) in [5, 5.41) is 0. The summed E-state index contributed by atoms with van der Waals surface area (Å²) in [6, 6.07) is 8.46. The maximum atomic E-state index is 12.2. The minimum atomic E-state index is -2.50. The number of hydrogen-bond donors (Lipinski definition) is 1. The Bertz CT molecular complexity index is 727. The quantitative estimate of drug-likeness (QED) is 0.347. The zero-order valence-electron chi connectivity index (χ0n) is 21.9. The van der Waals surface area contributed by atoms with Crippen LogP contribution in [0.15, 0.2) is 24.3 Å². The fourth-order valence-corrected chi connectivity index (χ4v) is 13.9. The van der Waals surface area contributed by atoms with Crippen LogP contribution in [0, 0.1) is 0 Å². The van der Waals surface area contributed by atoms with E-state index in [0.29, 0.717) is 11.3 Å². The minimum Gasteiger partial charge on any atom is -0.473 e. The van der Waals surface area contributed by atoms with E-state index in [-0.39, 0.29) is 0 Å². The fraction of sp³-hybridized carbons (Fsp3) is 0.800. The van der Waals surface area contributed by atoms with Gasteiger partial charge in [0.15, 0.2) is 5.75 Å². The van der Waals surface area contributed by atoms with Crippen LogP contribution in [0.5, 0.6) is 11.5 Å². The first-order valence-corrected chi connectivity index (χ1v) is 18.3. The number of rotatable bonds is 8. The Morgan fingerprint density at radius 3 is 1.51 bits per heavy atom. The maximum absolute atomic E-state index is 12.2. The average Bonchev–Trinajstić information content (AvgIpc) is 2.94. The van der Waals surface area contributed by atoms with Crippen molar-refractivity contribution in [3.8, 4) is 11.5 Å². The zero-order valence-corrected chi connectivity index (χ0v) is 23.7. The van der Waals surface area contributed by atoms with Gasteiger partial charge in [-0.3, -0.25) is 0 Å². The van der Waals surface area contributed by atoms with E-state index in [4.69, 9.17) is 9.05 Å². The molecule has 0 amide bonds. The monoisotopic (exact) mass is 519 g/mol. The minimum absolute atomic E-state index is 0.366. The van der Waals surface area contributed by atoms with Crippen molar-refractivity contribution in [3.63, 3.8) is 0 Å². The molecule has 5 heteroatoms. The van der Waals surface area contributed by atoms with Crippen molar-refractivity contribution in [1.29, 1.82) is 0 Å². The third kappa shape index (κ3) is 6.75. The molecule has 4 aliphatic carbocycles. The summed E-state index contributed by atoms with van der Waals surface area (Å²) < 4.78 is 13.7. The summed E-state index contributed by atoms with van der Waals surface area (Å²) >= 11 is 0. The van der Waals surface area contributed by atoms with Crippen LogP contribution in [-0.2, 0) is 0 Å². The van der Waals surface area contributed by atoms with Crippen LogP contribution in [-0.4, -0.2) is 27.5 Å². The molecular weight excluding hydrogens is 470 g/mol. The van der Waals surface area contributed by atoms with Gasteiger partial charge >= 0.3 is 7.72 Å². The Hall–Kier alpha value is -0.360. The van der Waals surface area contributed by atoms with Gasteiger partial charge in [-0.2, -0.15) is 0 Å². The van der Waals surface area contributed by atoms with Crippen molar-refractivity contribution in [3.05, 3.63) is 24.3 Å². The van der Waals surface area contributed by atoms with Crippen LogP contribution in [0.1, 0.15) is 128 Å². The Balaban J connectivity index is 1.34. The van der Waals surface area contributed by atoms with Gasteiger partial charge in [0.2, 0.25) is 0 Å². The lowest BCUT2D eigenvalue weighted by Gasteiger charge is -2.37. The molecule has 1 aromatic carbocycles. The zero-order chi connectivity index (χ0) is 23.9. The molecule has 4 fully saturated rings. The topological polar surface area (TPSA) is 38.7 Å². The van der Waals surface area contributed by atoms with E-state index < -0.39 is 15.9 Å². The molecule has 1 aromatic rings. The van der Waals surface area contributed by atoms with Gasteiger partial charge in [-0.05, 0) is 89.2 Å². The Morgan fingerprint density at radius 2 is 1.03 bits per heavy atom. The Labute approximate surface area is 216 Å². The molecule has 1 N–H and O–H groups in total. The van der Waals surface area contributed by atoms with Gasteiger partial charge in [0.1, 0.15) is 17.1 Å². The highest BCUT2D eigenvalue weighted by molar-refractivity contribution is 7.67. The van der Waals surface area contributed by atoms with E-state index in [2.05, 4.69) is 24.3 Å². The van der Waals surface area contributed by atoms with E-state index in [1.165, 1.54) is 103 Å². The standard InChI is InChI=1S/C30H49O3P2/c31-35(29-20-9-3-10-21-29,30-22-11-4-12-23-30)33-26-15-13-14-25(24-26)32-34(27-16-5-1-6-17-27)28-18-7-2-8-19-28/h13-15,24,27-31H,1-12,16-23H2/q+1. The first-order chi connectivity index (χ1) is 17.2. The second-order valence-corrected chi connectivity index (χ2v) is 17.2. The van der Waals surface area contributed by atoms with E-state index in [1.807, 2.05) is 0 Å². The molecule has 5 rings (SSSR count). The van der Waals surface area contributed by atoms with E-state index in [0.717, 1.165) is 48.5 Å². The molecule has 0 bridgehead atoms. The van der Waals surface area contributed by atoms with Crippen LogP contribution in [0.4, 0.5) is 0 Å². The lowest BCUT2D eigenvalue weighted by atomic mass is 10.00. The van der Waals surface area contributed by atoms with Crippen molar-refractivity contribution in [2.45, 2.75) is 151 Å². The van der Waals surface area contributed by atoms with Crippen LogP contribution in [0.2, 0.25) is 0 Å². The third-order valence-electron chi connectivity index (χ3n) is 9.33. The Kier molecular flexibility index (Phi) is 9.70. The molecule has 0 aliphatic heterocycles. The molecule has 196 valence electrons. The van der Waals surface area contributed by atoms with Gasteiger partial charge < -0.3 is 9.05 Å². The molecule has 0 atom stereocenters. The van der Waals surface area contributed by atoms with Crippen LogP contribution in [0.25, 0.3) is 0 Å². The first kappa shape index (κ1) is 26.3. The van der Waals surface area contributed by atoms with E-state index in [1.54, 1.807) is 0 Å². The normalized spacial score (nSPS) is 24.5. The summed E-state index contributed by atoms with van der Waals surface area (Å²) in [6.45, 7) is 0. The van der Waals surface area contributed by atoms with Gasteiger partial charge in [0.25, 0.3) is 0 Å². The van der Waals surface area contributed by atoms with Crippen LogP contribution < -0.4 is 9.05 Å². The van der Waals surface area contributed by atoms with Crippen LogP contribution >= 0.6 is 15.9 Å². The van der Waals surface area contributed by atoms with Gasteiger partial charge in [-0.15, -0.1) is 0 Å². The second kappa shape index (κ2) is 12.9. The summed E-state index contributed by atoms with van der Waals surface area (Å²) in [6.07, 6.45) is 25.9. The smallest absolute Gasteiger partial charge is 0.322 e. The molecule has 0 aromatic heterocycles. The molecule has 0 unspecified atom stereocenters. The van der Waals surface area contributed by atoms with E-state index >= 15 is 0 Å². The van der Waals surface area contributed by atoms with Crippen LogP contribution in [0.3, 0.4) is 0 Å². The molecule has 3 nitrogen and oxygen atoms in total. The highest BCUT2D eigenvalue weighted by Crippen LogP contribution is 2.69. The summed E-state index contributed by atoms with van der Waals surface area (Å²) in [4.78, 5) is 12.2. The van der Waals surface area contributed by atoms with Crippen molar-refractivity contribution in [1.82, 2.24) is 0 Å². The first-order valence-electron chi connectivity index (χ1n) is 15.1. The predicted octanol–water partition coefficient (Wildman–Crippen LogP) is 10.0. The maximum Gasteiger partial charge on any atom is 0.322 e. The van der Waals surface area contributed by atoms with Gasteiger partial charge in [-0.1, -0.05) is 57.4 Å². The molecule has 4 saturated carbocycles. The van der Waals surface area contributed by atoms with Crippen molar-refractivity contribution < 1.29 is 13.9 Å². The fourth-order valence-electron chi connectivity index (χ4n) is 7.35. The van der Waals surface area contributed by atoms with Crippen molar-refractivity contribution >= 4 is 15.9 Å². The molecule has 0 radical (unpaired) electrons. The SMILES string of the molecule is O[P+](Oc1cccc(OP(C2CCCCC2)C2CCCCC2)c1)(C1CCCCC1)C1CCCCC1. The number of benzene rings is 1. The van der Waals surface area contributed by atoms with Crippen molar-refractivity contribution in [2.75, 3.05) is 0 Å². The highest BCUT2D eigenvalue weighted by atomic mass is 31.2. The average molecular weight is 520 g/mol. The highest BCUT2D eigenvalue weighted by Gasteiger charge is 2.55.